The van der Waals surface area contributed by atoms with Crippen molar-refractivity contribution in [3.63, 3.8) is 0 Å². The van der Waals surface area contributed by atoms with E-state index in [9.17, 15) is 26.3 Å². The maximum Gasteiger partial charge on any atom is -1.00 e. The summed E-state index contributed by atoms with van der Waals surface area (Å²) in [6, 6.07) is 10.8. The molecule has 0 saturated heterocycles. The third-order valence-electron chi connectivity index (χ3n) is 17.2. The molecule has 0 heterocycles. The third kappa shape index (κ3) is 5.33. The second-order valence-corrected chi connectivity index (χ2v) is 24.6. The van der Waals surface area contributed by atoms with E-state index in [1.807, 2.05) is 0 Å². The van der Waals surface area contributed by atoms with Crippen molar-refractivity contribution in [2.24, 2.45) is 43.8 Å². The summed E-state index contributed by atoms with van der Waals surface area (Å²) >= 11 is -3.61. The number of halogens is 8. The summed E-state index contributed by atoms with van der Waals surface area (Å²) in [6.45, 7) is 19.6. The Hall–Kier alpha value is -2.73. The molecule has 58 heavy (non-hydrogen) atoms. The number of alkyl halides is 6. The molecule has 0 spiro atoms. The van der Waals surface area contributed by atoms with Gasteiger partial charge in [0, 0.05) is 0 Å². The quantitative estimate of drug-likeness (QED) is 0.273. The van der Waals surface area contributed by atoms with Crippen LogP contribution >= 0.6 is 0 Å². The SMILES string of the molecule is CC1=CC=CC2[CH]([Zr+2]([C]3=CC=CC3)=[C](c3ccc(C(F)(F)F)cc3)c3ccc(C(F)(F)F)cc3)C3(C)C4(C)C=CC=CC4(C)C4(C)C=CC=CC4(C)C3(C)C12C.[Cl-].[Cl-]. The van der Waals surface area contributed by atoms with Gasteiger partial charge in [0.05, 0.1) is 0 Å². The summed E-state index contributed by atoms with van der Waals surface area (Å²) in [5.74, 6) is 0.0381. The Balaban J connectivity index is 0.00000283. The molecule has 9 atom stereocenters. The number of allylic oxidation sites excluding steroid dienone is 16. The van der Waals surface area contributed by atoms with Crippen molar-refractivity contribution in [2.45, 2.75) is 77.8 Å². The van der Waals surface area contributed by atoms with E-state index in [-0.39, 0.29) is 56.0 Å². The van der Waals surface area contributed by atoms with E-state index >= 15 is 0 Å². The molecule has 0 bridgehead atoms. The van der Waals surface area contributed by atoms with Gasteiger partial charge < -0.3 is 24.8 Å². The van der Waals surface area contributed by atoms with Crippen molar-refractivity contribution in [1.82, 2.24) is 0 Å². The molecule has 6 aliphatic rings. The molecule has 0 amide bonds. The molecule has 0 nitrogen and oxygen atoms in total. The predicted molar refractivity (Wildman–Crippen MR) is 211 cm³/mol. The van der Waals surface area contributed by atoms with E-state index in [0.717, 1.165) is 27.5 Å². The average Bonchev–Trinajstić information content (AvgIpc) is 3.74. The van der Waals surface area contributed by atoms with E-state index < -0.39 is 61.0 Å². The van der Waals surface area contributed by atoms with Crippen LogP contribution in [0.1, 0.15) is 84.1 Å². The summed E-state index contributed by atoms with van der Waals surface area (Å²) in [5, 5.41) is 0. The van der Waals surface area contributed by atoms with Crippen LogP contribution in [0.3, 0.4) is 0 Å². The summed E-state index contributed by atoms with van der Waals surface area (Å²) in [4.78, 5) is 0. The van der Waals surface area contributed by atoms with E-state index in [1.165, 1.54) is 8.85 Å². The van der Waals surface area contributed by atoms with Crippen LogP contribution in [0.5, 0.6) is 0 Å². The Morgan fingerprint density at radius 3 is 1.48 bits per heavy atom. The van der Waals surface area contributed by atoms with Gasteiger partial charge in [-0.2, -0.15) is 0 Å². The molecule has 0 radical (unpaired) electrons. The van der Waals surface area contributed by atoms with Gasteiger partial charge in [-0.15, -0.1) is 0 Å². The fourth-order valence-corrected chi connectivity index (χ4v) is 24.8. The van der Waals surface area contributed by atoms with Crippen molar-refractivity contribution < 1.29 is 72.4 Å². The van der Waals surface area contributed by atoms with E-state index in [4.69, 9.17) is 0 Å². The van der Waals surface area contributed by atoms with Gasteiger partial charge in [0.1, 0.15) is 0 Å². The first-order valence-corrected chi connectivity index (χ1v) is 23.5. The van der Waals surface area contributed by atoms with Gasteiger partial charge in [-0.05, 0) is 0 Å². The first-order valence-electron chi connectivity index (χ1n) is 19.6. The van der Waals surface area contributed by atoms with E-state index in [1.54, 1.807) is 24.3 Å². The van der Waals surface area contributed by atoms with Gasteiger partial charge in [-0.1, -0.05) is 0 Å². The van der Waals surface area contributed by atoms with Gasteiger partial charge >= 0.3 is 337 Å². The Bertz CT molecular complexity index is 2230. The Labute approximate surface area is 359 Å². The summed E-state index contributed by atoms with van der Waals surface area (Å²) in [5.41, 5.74) is -1.61. The standard InChI is InChI=1S/C29H37.C15H8F6.C5H5.2ClH.Zr/c1-21-14-13-15-22-20-27(6)25(4)18-10-9-16-23(25,2)24(3)17-11-12-19-26(24,5)29(27,8)28(21,22)7;16-14(17,18)12-5-1-10(2-6-12)9-11-3-7-13(8-4-11)15(19,20)21;1-2-4-5-3-1;;;/h9-20,22H,1-8H3;1-8H;1-3H,4H2;2*1H;/q;;;;;+2/p-2. The monoisotopic (exact) mass is 912 g/mol. The molecule has 6 aliphatic carbocycles. The van der Waals surface area contributed by atoms with E-state index in [0.29, 0.717) is 17.5 Å². The second kappa shape index (κ2) is 14.2. The predicted octanol–water partition coefficient (Wildman–Crippen LogP) is 8.01. The van der Waals surface area contributed by atoms with Gasteiger partial charge in [0.2, 0.25) is 0 Å². The van der Waals surface area contributed by atoms with Gasteiger partial charge in [0.25, 0.3) is 0 Å². The first kappa shape index (κ1) is 44.8. The Morgan fingerprint density at radius 1 is 0.586 bits per heavy atom. The molecule has 8 rings (SSSR count). The maximum atomic E-state index is 14.1. The topological polar surface area (TPSA) is 0 Å². The van der Waals surface area contributed by atoms with Crippen molar-refractivity contribution in [1.29, 1.82) is 0 Å². The zero-order chi connectivity index (χ0) is 40.5. The Morgan fingerprint density at radius 2 is 1.03 bits per heavy atom. The molecule has 306 valence electrons. The van der Waals surface area contributed by atoms with Crippen molar-refractivity contribution in [2.75, 3.05) is 0 Å². The minimum Gasteiger partial charge on any atom is -1.00 e. The average molecular weight is 915 g/mol. The van der Waals surface area contributed by atoms with E-state index in [2.05, 4.69) is 140 Å². The van der Waals surface area contributed by atoms with Crippen LogP contribution in [0.2, 0.25) is 3.63 Å². The van der Waals surface area contributed by atoms with Crippen LogP contribution in [-0.2, 0) is 33.6 Å². The van der Waals surface area contributed by atoms with Crippen LogP contribution in [0.15, 0.2) is 142 Å². The molecular formula is C49H50Cl2F6Zr. The summed E-state index contributed by atoms with van der Waals surface area (Å²) in [6.07, 6.45) is 23.6. The molecule has 9 heteroatoms. The van der Waals surface area contributed by atoms with Gasteiger partial charge in [0.15, 0.2) is 0 Å². The largest absolute Gasteiger partial charge is 1.00 e. The maximum absolute atomic E-state index is 14.1. The minimum atomic E-state index is -4.53. The molecule has 0 aliphatic heterocycles. The van der Waals surface area contributed by atoms with Gasteiger partial charge in [-0.25, -0.2) is 0 Å². The minimum absolute atomic E-state index is 0. The van der Waals surface area contributed by atoms with Crippen molar-refractivity contribution >= 4 is 3.21 Å². The fourth-order valence-electron chi connectivity index (χ4n) is 13.5. The molecular weight excluding hydrogens is 865 g/mol. The summed E-state index contributed by atoms with van der Waals surface area (Å²) < 4.78 is 86.8. The number of fused-ring (bicyclic) bond motifs is 8. The first-order chi connectivity index (χ1) is 26.1. The number of rotatable bonds is 4. The fraction of sp³-hybridized carbons (Fsp3) is 0.408. The normalized spacial score (nSPS) is 37.6. The number of hydrogen-bond acceptors (Lipinski definition) is 0. The van der Waals surface area contributed by atoms with Crippen LogP contribution in [0.4, 0.5) is 26.3 Å². The molecule has 0 aromatic heterocycles. The molecule has 9 unspecified atom stereocenters. The van der Waals surface area contributed by atoms with Gasteiger partial charge in [-0.3, -0.25) is 0 Å². The van der Waals surface area contributed by atoms with Crippen LogP contribution in [-0.4, -0.2) is 3.21 Å². The summed E-state index contributed by atoms with van der Waals surface area (Å²) in [7, 11) is 0. The molecule has 0 N–H and O–H groups in total. The number of hydrogen-bond donors (Lipinski definition) is 0. The van der Waals surface area contributed by atoms with Crippen LogP contribution < -0.4 is 24.8 Å². The van der Waals surface area contributed by atoms with Crippen LogP contribution in [0.25, 0.3) is 0 Å². The Kier molecular flexibility index (Phi) is 10.9. The molecule has 2 aromatic rings. The van der Waals surface area contributed by atoms with Crippen molar-refractivity contribution in [3.8, 4) is 0 Å². The molecule has 2 saturated carbocycles. The van der Waals surface area contributed by atoms with Crippen molar-refractivity contribution in [3.05, 3.63) is 165 Å². The zero-order valence-electron chi connectivity index (χ0n) is 34.1. The smallest absolute Gasteiger partial charge is 1.00 e. The zero-order valence-corrected chi connectivity index (χ0v) is 38.1. The molecule has 2 fully saturated rings. The number of benzene rings is 2. The third-order valence-corrected chi connectivity index (χ3v) is 26.4. The second-order valence-electron chi connectivity index (χ2n) is 18.3. The molecule has 2 aromatic carbocycles. The van der Waals surface area contributed by atoms with Crippen LogP contribution in [0, 0.1) is 43.8 Å².